The Labute approximate surface area is 250 Å². The van der Waals surface area contributed by atoms with Crippen LogP contribution in [0.5, 0.6) is 0 Å². The van der Waals surface area contributed by atoms with Crippen molar-refractivity contribution < 1.29 is 0 Å². The summed E-state index contributed by atoms with van der Waals surface area (Å²) < 4.78 is 2.65. The van der Waals surface area contributed by atoms with Crippen molar-refractivity contribution in [2.45, 2.75) is 9.79 Å². The summed E-state index contributed by atoms with van der Waals surface area (Å²) in [7, 11) is 0. The summed E-state index contributed by atoms with van der Waals surface area (Å²) >= 11 is 3.76. The first kappa shape index (κ1) is 23.8. The Morgan fingerprint density at radius 1 is 0.405 bits per heavy atom. The summed E-state index contributed by atoms with van der Waals surface area (Å²) in [6, 6.07) is 44.6. The fourth-order valence-corrected chi connectivity index (χ4v) is 8.46. The van der Waals surface area contributed by atoms with Crippen molar-refractivity contribution in [2.75, 3.05) is 0 Å². The quantitative estimate of drug-likeness (QED) is 0.211. The first-order chi connectivity index (χ1) is 20.8. The second-order valence-electron chi connectivity index (χ2n) is 10.4. The molecule has 9 rings (SSSR count). The molecule has 0 saturated heterocycles. The van der Waals surface area contributed by atoms with Crippen molar-refractivity contribution in [2.24, 2.45) is 0 Å². The van der Waals surface area contributed by atoms with Crippen LogP contribution in [-0.2, 0) is 0 Å². The zero-order chi connectivity index (χ0) is 27.6. The van der Waals surface area contributed by atoms with Crippen LogP contribution in [0.3, 0.4) is 0 Å². The van der Waals surface area contributed by atoms with E-state index in [1.807, 2.05) is 59.5 Å². The predicted octanol–water partition coefficient (Wildman–Crippen LogP) is 10.5. The molecule has 0 spiro atoms. The van der Waals surface area contributed by atoms with Crippen LogP contribution in [0, 0.1) is 0 Å². The first-order valence-corrected chi connectivity index (χ1v) is 15.5. The van der Waals surface area contributed by atoms with Gasteiger partial charge < -0.3 is 0 Å². The molecule has 2 aromatic heterocycles. The van der Waals surface area contributed by atoms with Crippen molar-refractivity contribution in [1.82, 2.24) is 15.0 Å². The number of hydrogen-bond acceptors (Lipinski definition) is 5. The van der Waals surface area contributed by atoms with Crippen molar-refractivity contribution in [3.05, 3.63) is 127 Å². The highest BCUT2D eigenvalue weighted by Crippen LogP contribution is 2.53. The lowest BCUT2D eigenvalue weighted by Gasteiger charge is -2.18. The van der Waals surface area contributed by atoms with Gasteiger partial charge in [0.2, 0.25) is 0 Å². The minimum atomic E-state index is 0.666. The molecule has 1 aliphatic heterocycles. The molecule has 3 heterocycles. The maximum absolute atomic E-state index is 5.07. The van der Waals surface area contributed by atoms with Gasteiger partial charge in [-0.2, -0.15) is 0 Å². The molecule has 0 aliphatic carbocycles. The van der Waals surface area contributed by atoms with Gasteiger partial charge >= 0.3 is 0 Å². The molecule has 1 aliphatic rings. The topological polar surface area (TPSA) is 38.7 Å². The number of aromatic nitrogens is 3. The summed E-state index contributed by atoms with van der Waals surface area (Å²) in [6.45, 7) is 0. The lowest BCUT2D eigenvalue weighted by molar-refractivity contribution is 1.07. The largest absolute Gasteiger partial charge is 0.208 e. The van der Waals surface area contributed by atoms with Crippen LogP contribution in [0.4, 0.5) is 0 Å². The zero-order valence-corrected chi connectivity index (χ0v) is 23.9. The van der Waals surface area contributed by atoms with Gasteiger partial charge in [0, 0.05) is 52.0 Å². The molecule has 0 unspecified atom stereocenters. The van der Waals surface area contributed by atoms with Crippen LogP contribution < -0.4 is 0 Å². The summed E-state index contributed by atoms with van der Waals surface area (Å²) in [4.78, 5) is 17.7. The lowest BCUT2D eigenvalue weighted by atomic mass is 9.92. The first-order valence-electron chi connectivity index (χ1n) is 13.9. The normalized spacial score (nSPS) is 12.2. The van der Waals surface area contributed by atoms with E-state index >= 15 is 0 Å². The van der Waals surface area contributed by atoms with E-state index in [4.69, 9.17) is 15.0 Å². The van der Waals surface area contributed by atoms with E-state index in [2.05, 4.69) is 91.0 Å². The second-order valence-corrected chi connectivity index (χ2v) is 12.6. The van der Waals surface area contributed by atoms with Gasteiger partial charge in [-0.15, -0.1) is 11.3 Å². The van der Waals surface area contributed by atoms with Crippen LogP contribution in [0.1, 0.15) is 0 Å². The van der Waals surface area contributed by atoms with Crippen molar-refractivity contribution >= 4 is 54.0 Å². The van der Waals surface area contributed by atoms with Gasteiger partial charge in [0.25, 0.3) is 0 Å². The van der Waals surface area contributed by atoms with Crippen LogP contribution in [0.25, 0.3) is 76.2 Å². The molecule has 8 aromatic rings. The molecule has 0 fully saturated rings. The molecule has 0 atom stereocenters. The monoisotopic (exact) mass is 571 g/mol. The molecule has 6 aromatic carbocycles. The Kier molecular flexibility index (Phi) is 5.30. The average Bonchev–Trinajstić information content (AvgIpc) is 3.45. The molecule has 0 radical (unpaired) electrons. The van der Waals surface area contributed by atoms with Crippen molar-refractivity contribution in [3.8, 4) is 45.3 Å². The lowest BCUT2D eigenvalue weighted by Crippen LogP contribution is -2.01. The fraction of sp³-hybridized carbons (Fsp3) is 0. The predicted molar refractivity (Wildman–Crippen MR) is 176 cm³/mol. The Bertz CT molecular complexity index is 2270. The van der Waals surface area contributed by atoms with Crippen LogP contribution >= 0.6 is 23.1 Å². The summed E-state index contributed by atoms with van der Waals surface area (Å²) in [5.74, 6) is 2.00. The van der Waals surface area contributed by atoms with E-state index in [0.717, 1.165) is 22.3 Å². The zero-order valence-electron chi connectivity index (χ0n) is 22.3. The van der Waals surface area contributed by atoms with Gasteiger partial charge in [-0.25, -0.2) is 15.0 Å². The Morgan fingerprint density at radius 3 is 1.71 bits per heavy atom. The third-order valence-electron chi connectivity index (χ3n) is 7.92. The number of rotatable bonds is 4. The Balaban J connectivity index is 1.33. The standard InChI is InChI=1S/C37H21N3S2/c1-3-11-22(12-4-1)35-38-36(23-13-5-2-6-14-23)40-37(39-35)26-16-8-7-15-24(26)27-21-31-34-32-25(27)17-9-18-28(32)41-29-19-10-20-30(42-31)33(29)34/h1-21H. The van der Waals surface area contributed by atoms with Gasteiger partial charge in [0.15, 0.2) is 17.5 Å². The number of benzene rings is 6. The van der Waals surface area contributed by atoms with E-state index in [0.29, 0.717) is 17.5 Å². The third-order valence-corrected chi connectivity index (χ3v) is 10.1. The minimum Gasteiger partial charge on any atom is -0.208 e. The van der Waals surface area contributed by atoms with Crippen LogP contribution in [-0.4, -0.2) is 15.0 Å². The van der Waals surface area contributed by atoms with Crippen molar-refractivity contribution in [1.29, 1.82) is 0 Å². The van der Waals surface area contributed by atoms with Gasteiger partial charge in [-0.05, 0) is 40.8 Å². The van der Waals surface area contributed by atoms with E-state index in [-0.39, 0.29) is 0 Å². The second kappa shape index (κ2) is 9.35. The van der Waals surface area contributed by atoms with Gasteiger partial charge in [0.05, 0.1) is 0 Å². The molecule has 42 heavy (non-hydrogen) atoms. The molecule has 0 amide bonds. The summed E-state index contributed by atoms with van der Waals surface area (Å²) in [6.07, 6.45) is 0. The molecular weight excluding hydrogens is 551 g/mol. The molecule has 3 nitrogen and oxygen atoms in total. The van der Waals surface area contributed by atoms with Gasteiger partial charge in [0.1, 0.15) is 0 Å². The maximum Gasteiger partial charge on any atom is 0.164 e. The molecule has 196 valence electrons. The number of nitrogens with zero attached hydrogens (tertiary/aromatic N) is 3. The number of thiophene rings is 1. The molecular formula is C37H21N3S2. The average molecular weight is 572 g/mol. The molecule has 0 N–H and O–H groups in total. The summed E-state index contributed by atoms with van der Waals surface area (Å²) in [5.41, 5.74) is 5.24. The third kappa shape index (κ3) is 3.64. The van der Waals surface area contributed by atoms with E-state index in [1.54, 1.807) is 0 Å². The Hall–Kier alpha value is -4.84. The summed E-state index contributed by atoms with van der Waals surface area (Å²) in [5, 5.41) is 5.38. The van der Waals surface area contributed by atoms with Crippen LogP contribution in [0.15, 0.2) is 137 Å². The van der Waals surface area contributed by atoms with Crippen LogP contribution in [0.2, 0.25) is 0 Å². The van der Waals surface area contributed by atoms with E-state index in [1.165, 1.54) is 46.3 Å². The van der Waals surface area contributed by atoms with Crippen molar-refractivity contribution in [3.63, 3.8) is 0 Å². The smallest absolute Gasteiger partial charge is 0.164 e. The highest BCUT2D eigenvalue weighted by Gasteiger charge is 2.24. The molecule has 0 bridgehead atoms. The molecule has 0 saturated carbocycles. The number of hydrogen-bond donors (Lipinski definition) is 0. The fourth-order valence-electron chi connectivity index (χ4n) is 6.06. The maximum atomic E-state index is 5.07. The molecule has 5 heteroatoms. The van der Waals surface area contributed by atoms with E-state index < -0.39 is 0 Å². The highest BCUT2D eigenvalue weighted by molar-refractivity contribution is 8.00. The minimum absolute atomic E-state index is 0.666. The van der Waals surface area contributed by atoms with E-state index in [9.17, 15) is 0 Å². The Morgan fingerprint density at radius 2 is 1.00 bits per heavy atom. The van der Waals surface area contributed by atoms with Gasteiger partial charge in [-0.3, -0.25) is 0 Å². The highest BCUT2D eigenvalue weighted by atomic mass is 32.2. The van der Waals surface area contributed by atoms with Gasteiger partial charge in [-0.1, -0.05) is 115 Å². The SMILES string of the molecule is c1ccc(-c2nc(-c3ccccc3)nc(-c3ccccc3-c3cc4sc5cccc6c5c4c4c(cccc34)S6)n2)cc1.